The fourth-order valence-corrected chi connectivity index (χ4v) is 2.51. The topological polar surface area (TPSA) is 137 Å². The monoisotopic (exact) mass is 399 g/mol. The zero-order valence-electron chi connectivity index (χ0n) is 14.6. The normalized spacial score (nSPS) is 16.1. The van der Waals surface area contributed by atoms with Crippen LogP contribution in [-0.4, -0.2) is 29.8 Å². The summed E-state index contributed by atoms with van der Waals surface area (Å²) in [6.07, 6.45) is 0. The van der Waals surface area contributed by atoms with Gasteiger partial charge in [0.2, 0.25) is 5.91 Å². The van der Waals surface area contributed by atoms with E-state index in [0.717, 1.165) is 12.1 Å². The summed E-state index contributed by atoms with van der Waals surface area (Å²) in [6, 6.07) is 10.6. The minimum Gasteiger partial charge on any atom is -0.307 e. The first-order valence-corrected chi connectivity index (χ1v) is 8.23. The summed E-state index contributed by atoms with van der Waals surface area (Å²) in [5.41, 5.74) is 4.32. The van der Waals surface area contributed by atoms with E-state index >= 15 is 0 Å². The molecule has 4 N–H and O–H groups in total. The number of hydrogen-bond acceptors (Lipinski definition) is 5. The van der Waals surface area contributed by atoms with Crippen LogP contribution in [0.3, 0.4) is 0 Å². The van der Waals surface area contributed by atoms with Crippen molar-refractivity contribution in [2.45, 2.75) is 0 Å². The van der Waals surface area contributed by atoms with E-state index in [-0.39, 0.29) is 11.4 Å². The van der Waals surface area contributed by atoms with Crippen LogP contribution >= 0.6 is 0 Å². The average Bonchev–Trinajstić information content (AvgIpc) is 2.68. The van der Waals surface area contributed by atoms with Gasteiger partial charge >= 0.3 is 12.1 Å². The lowest BCUT2D eigenvalue weighted by atomic mass is 10.0. The van der Waals surface area contributed by atoms with Gasteiger partial charge in [0.25, 0.3) is 11.8 Å². The van der Waals surface area contributed by atoms with Crippen molar-refractivity contribution in [2.75, 3.05) is 10.2 Å². The summed E-state index contributed by atoms with van der Waals surface area (Å²) in [6.45, 7) is 0. The van der Waals surface area contributed by atoms with Crippen LogP contribution in [0.25, 0.3) is 0 Å². The van der Waals surface area contributed by atoms with Gasteiger partial charge in [-0.1, -0.05) is 18.2 Å². The molecule has 0 saturated carbocycles. The number of carbonyl (C=O) groups excluding carboxylic acids is 5. The van der Waals surface area contributed by atoms with Gasteiger partial charge in [0.1, 0.15) is 5.82 Å². The van der Waals surface area contributed by atoms with Crippen molar-refractivity contribution in [3.05, 3.63) is 60.4 Å². The van der Waals surface area contributed by atoms with Crippen molar-refractivity contribution in [1.82, 2.24) is 16.2 Å². The SMILES string of the molecule is O=C(NNC(=O)C1C(=O)NC(=O)N(c2ccccc2)C1=O)Nc1ccc(F)cc1. The minimum atomic E-state index is -1.89. The highest BCUT2D eigenvalue weighted by Gasteiger charge is 2.45. The molecule has 0 radical (unpaired) electrons. The van der Waals surface area contributed by atoms with Crippen LogP contribution in [0.2, 0.25) is 0 Å². The summed E-state index contributed by atoms with van der Waals surface area (Å²) in [4.78, 5) is 61.3. The molecular weight excluding hydrogens is 385 g/mol. The predicted octanol–water partition coefficient (Wildman–Crippen LogP) is 0.878. The van der Waals surface area contributed by atoms with Gasteiger partial charge in [0.15, 0.2) is 5.92 Å². The Morgan fingerprint density at radius 3 is 2.24 bits per heavy atom. The molecule has 1 aliphatic heterocycles. The Balaban J connectivity index is 1.65. The van der Waals surface area contributed by atoms with Gasteiger partial charge in [-0.2, -0.15) is 0 Å². The summed E-state index contributed by atoms with van der Waals surface area (Å²) >= 11 is 0. The van der Waals surface area contributed by atoms with Gasteiger partial charge in [-0.25, -0.2) is 24.3 Å². The van der Waals surface area contributed by atoms with E-state index in [1.165, 1.54) is 24.3 Å². The molecule has 148 valence electrons. The second kappa shape index (κ2) is 8.17. The van der Waals surface area contributed by atoms with Gasteiger partial charge in [0.05, 0.1) is 5.69 Å². The Kier molecular flexibility index (Phi) is 5.49. The van der Waals surface area contributed by atoms with Crippen molar-refractivity contribution < 1.29 is 28.4 Å². The first kappa shape index (κ1) is 19.5. The number of hydrogen-bond donors (Lipinski definition) is 4. The summed E-state index contributed by atoms with van der Waals surface area (Å²) in [7, 11) is 0. The zero-order chi connectivity index (χ0) is 21.0. The highest BCUT2D eigenvalue weighted by molar-refractivity contribution is 6.34. The second-order valence-corrected chi connectivity index (χ2v) is 5.81. The Morgan fingerprint density at radius 2 is 1.59 bits per heavy atom. The highest BCUT2D eigenvalue weighted by Crippen LogP contribution is 2.20. The third-order valence-corrected chi connectivity index (χ3v) is 3.84. The Morgan fingerprint density at radius 1 is 0.931 bits per heavy atom. The predicted molar refractivity (Wildman–Crippen MR) is 97.7 cm³/mol. The van der Waals surface area contributed by atoms with E-state index in [4.69, 9.17) is 0 Å². The van der Waals surface area contributed by atoms with Crippen molar-refractivity contribution in [3.8, 4) is 0 Å². The third-order valence-electron chi connectivity index (χ3n) is 3.84. The number of para-hydroxylation sites is 1. The largest absolute Gasteiger partial charge is 0.337 e. The van der Waals surface area contributed by atoms with Crippen molar-refractivity contribution in [3.63, 3.8) is 0 Å². The molecule has 1 heterocycles. The van der Waals surface area contributed by atoms with E-state index < -0.39 is 41.5 Å². The molecule has 0 aliphatic carbocycles. The number of hydrazine groups is 1. The maximum atomic E-state index is 12.9. The number of urea groups is 2. The van der Waals surface area contributed by atoms with Crippen molar-refractivity contribution >= 4 is 41.2 Å². The van der Waals surface area contributed by atoms with E-state index in [2.05, 4.69) is 5.32 Å². The first-order chi connectivity index (χ1) is 13.9. The number of benzene rings is 2. The molecule has 3 rings (SSSR count). The molecule has 1 fully saturated rings. The van der Waals surface area contributed by atoms with Gasteiger partial charge in [-0.05, 0) is 36.4 Å². The van der Waals surface area contributed by atoms with Crippen molar-refractivity contribution in [2.24, 2.45) is 5.92 Å². The van der Waals surface area contributed by atoms with Gasteiger partial charge < -0.3 is 5.32 Å². The molecule has 11 heteroatoms. The maximum absolute atomic E-state index is 12.9. The quantitative estimate of drug-likeness (QED) is 0.449. The number of barbiturate groups is 1. The molecule has 0 bridgehead atoms. The fourth-order valence-electron chi connectivity index (χ4n) is 2.51. The molecule has 1 atom stereocenters. The number of nitrogens with zero attached hydrogens (tertiary/aromatic N) is 1. The van der Waals surface area contributed by atoms with Gasteiger partial charge in [-0.3, -0.25) is 25.1 Å². The molecular formula is C18H14FN5O5. The van der Waals surface area contributed by atoms with Crippen LogP contribution in [0.1, 0.15) is 0 Å². The van der Waals surface area contributed by atoms with E-state index in [1.807, 2.05) is 16.2 Å². The van der Waals surface area contributed by atoms with Gasteiger partial charge in [0, 0.05) is 5.69 Å². The molecule has 2 aromatic carbocycles. The number of halogens is 1. The third kappa shape index (κ3) is 4.35. The zero-order valence-corrected chi connectivity index (χ0v) is 14.6. The molecule has 10 nitrogen and oxygen atoms in total. The molecule has 7 amide bonds. The number of rotatable bonds is 3. The summed E-state index contributed by atoms with van der Waals surface area (Å²) < 4.78 is 12.9. The summed E-state index contributed by atoms with van der Waals surface area (Å²) in [5.74, 6) is -5.72. The molecule has 1 unspecified atom stereocenters. The number of carbonyl (C=O) groups is 5. The minimum absolute atomic E-state index is 0.169. The van der Waals surface area contributed by atoms with E-state index in [1.54, 1.807) is 18.2 Å². The summed E-state index contributed by atoms with van der Waals surface area (Å²) in [5, 5.41) is 4.23. The van der Waals surface area contributed by atoms with Gasteiger partial charge in [-0.15, -0.1) is 0 Å². The molecule has 0 spiro atoms. The number of nitrogens with one attached hydrogen (secondary N) is 4. The smallest absolute Gasteiger partial charge is 0.307 e. The Bertz CT molecular complexity index is 980. The Hall–Kier alpha value is -4.28. The molecule has 1 saturated heterocycles. The highest BCUT2D eigenvalue weighted by atomic mass is 19.1. The molecule has 29 heavy (non-hydrogen) atoms. The Labute approximate surface area is 163 Å². The van der Waals surface area contributed by atoms with Crippen LogP contribution in [0.5, 0.6) is 0 Å². The van der Waals surface area contributed by atoms with Crippen LogP contribution in [0.15, 0.2) is 54.6 Å². The van der Waals surface area contributed by atoms with Crippen LogP contribution in [0, 0.1) is 11.7 Å². The molecule has 0 aromatic heterocycles. The standard InChI is InChI=1S/C18H14FN5O5/c19-10-6-8-11(9-7-10)20-17(28)23-22-15(26)13-14(25)21-18(29)24(16(13)27)12-4-2-1-3-5-12/h1-9,13H,(H,22,26)(H2,20,23,28)(H,21,25,29). The lowest BCUT2D eigenvalue weighted by Gasteiger charge is -2.29. The second-order valence-electron chi connectivity index (χ2n) is 5.81. The molecule has 2 aromatic rings. The lowest BCUT2D eigenvalue weighted by Crippen LogP contribution is -2.63. The number of imide groups is 2. The number of anilines is 2. The first-order valence-electron chi connectivity index (χ1n) is 8.23. The van der Waals surface area contributed by atoms with E-state index in [9.17, 15) is 28.4 Å². The van der Waals surface area contributed by atoms with E-state index in [0.29, 0.717) is 4.90 Å². The van der Waals surface area contributed by atoms with Crippen LogP contribution < -0.4 is 26.4 Å². The maximum Gasteiger partial charge on any atom is 0.337 e. The average molecular weight is 399 g/mol. The van der Waals surface area contributed by atoms with Crippen LogP contribution in [0.4, 0.5) is 25.4 Å². The fraction of sp³-hybridized carbons (Fsp3) is 0.0556. The van der Waals surface area contributed by atoms with Crippen LogP contribution in [-0.2, 0) is 14.4 Å². The number of amides is 7. The lowest BCUT2D eigenvalue weighted by molar-refractivity contribution is -0.142. The van der Waals surface area contributed by atoms with Crippen molar-refractivity contribution in [1.29, 1.82) is 0 Å². The molecule has 1 aliphatic rings.